The van der Waals surface area contributed by atoms with Crippen LogP contribution in [0.5, 0.6) is 0 Å². The summed E-state index contributed by atoms with van der Waals surface area (Å²) in [5, 5.41) is 1.37. The number of carbonyl (C=O) groups excluding carboxylic acids is 1. The van der Waals surface area contributed by atoms with Gasteiger partial charge in [0.25, 0.3) is 5.91 Å². The van der Waals surface area contributed by atoms with Crippen molar-refractivity contribution in [1.82, 2.24) is 14.9 Å². The number of benzene rings is 2. The molecule has 144 valence electrons. The first-order valence-corrected chi connectivity index (χ1v) is 10.9. The van der Waals surface area contributed by atoms with E-state index in [1.807, 2.05) is 50.5 Å². The van der Waals surface area contributed by atoms with Crippen LogP contribution in [-0.2, 0) is 0 Å². The van der Waals surface area contributed by atoms with E-state index in [0.717, 1.165) is 33.4 Å². The van der Waals surface area contributed by atoms with Gasteiger partial charge in [-0.15, -0.1) is 11.3 Å². The molecule has 0 saturated heterocycles. The smallest absolute Gasteiger partial charge is 0.260 e. The van der Waals surface area contributed by atoms with Crippen LogP contribution in [0.15, 0.2) is 41.9 Å². The van der Waals surface area contributed by atoms with Crippen LogP contribution in [-0.4, -0.2) is 48.0 Å². The third kappa shape index (κ3) is 4.03. The van der Waals surface area contributed by atoms with Gasteiger partial charge in [0, 0.05) is 17.1 Å². The van der Waals surface area contributed by atoms with Crippen LogP contribution < -0.4 is 4.90 Å². The Morgan fingerprint density at radius 1 is 1.07 bits per heavy atom. The van der Waals surface area contributed by atoms with Crippen molar-refractivity contribution in [2.45, 2.75) is 6.42 Å². The number of hydrogen-bond acceptors (Lipinski definition) is 6. The second kappa shape index (κ2) is 8.13. The first kappa shape index (κ1) is 19.3. The van der Waals surface area contributed by atoms with E-state index in [1.54, 1.807) is 10.4 Å². The van der Waals surface area contributed by atoms with Gasteiger partial charge >= 0.3 is 0 Å². The normalized spacial score (nSPS) is 11.6. The van der Waals surface area contributed by atoms with Gasteiger partial charge in [-0.05, 0) is 63.5 Å². The zero-order chi connectivity index (χ0) is 19.7. The highest BCUT2D eigenvalue weighted by Gasteiger charge is 2.22. The van der Waals surface area contributed by atoms with Crippen LogP contribution in [0.4, 0.5) is 5.13 Å². The summed E-state index contributed by atoms with van der Waals surface area (Å²) in [6.45, 7) is 1.50. The molecular formula is C20H19ClN4OS2. The summed E-state index contributed by atoms with van der Waals surface area (Å²) in [4.78, 5) is 26.3. The Labute approximate surface area is 176 Å². The van der Waals surface area contributed by atoms with Gasteiger partial charge in [0.15, 0.2) is 5.13 Å². The molecule has 2 aromatic carbocycles. The van der Waals surface area contributed by atoms with Gasteiger partial charge in [-0.25, -0.2) is 9.97 Å². The zero-order valence-electron chi connectivity index (χ0n) is 15.6. The molecule has 0 aliphatic carbocycles. The van der Waals surface area contributed by atoms with Crippen LogP contribution in [0.3, 0.4) is 0 Å². The zero-order valence-corrected chi connectivity index (χ0v) is 17.9. The topological polar surface area (TPSA) is 49.3 Å². The molecule has 4 rings (SSSR count). The first-order chi connectivity index (χ1) is 13.5. The number of anilines is 1. The number of nitrogens with zero attached hydrogens (tertiary/aromatic N) is 4. The average Bonchev–Trinajstić information content (AvgIpc) is 3.29. The predicted molar refractivity (Wildman–Crippen MR) is 119 cm³/mol. The van der Waals surface area contributed by atoms with E-state index in [0.29, 0.717) is 22.3 Å². The highest BCUT2D eigenvalue weighted by atomic mass is 35.5. The number of amides is 1. The molecule has 8 heteroatoms. The van der Waals surface area contributed by atoms with Crippen LogP contribution in [0.2, 0.25) is 5.02 Å². The lowest BCUT2D eigenvalue weighted by Gasteiger charge is -2.21. The summed E-state index contributed by atoms with van der Waals surface area (Å²) in [5.74, 6) is -0.0424. The van der Waals surface area contributed by atoms with Crippen molar-refractivity contribution >= 4 is 65.7 Å². The van der Waals surface area contributed by atoms with E-state index in [1.165, 1.54) is 22.7 Å². The van der Waals surface area contributed by atoms with Crippen molar-refractivity contribution in [3.8, 4) is 0 Å². The lowest BCUT2D eigenvalue weighted by atomic mass is 10.2. The standard InChI is InChI=1S/C20H19ClN4OS2/c1-24(2)8-3-9-25(20-23-16-7-5-14(21)11-18(16)28-20)19(26)13-4-6-15-17(10-13)27-12-22-15/h4-7,10-12H,3,8-9H2,1-2H3. The third-order valence-corrected chi connectivity index (χ3v) is 6.45. The maximum Gasteiger partial charge on any atom is 0.260 e. The lowest BCUT2D eigenvalue weighted by molar-refractivity contribution is 0.0986. The van der Waals surface area contributed by atoms with E-state index >= 15 is 0 Å². The molecule has 4 aromatic rings. The molecule has 0 aliphatic rings. The van der Waals surface area contributed by atoms with Gasteiger partial charge in [-0.2, -0.15) is 0 Å². The van der Waals surface area contributed by atoms with Crippen molar-refractivity contribution in [1.29, 1.82) is 0 Å². The summed E-state index contributed by atoms with van der Waals surface area (Å²) < 4.78 is 1.99. The fourth-order valence-corrected chi connectivity index (χ4v) is 4.96. The molecule has 0 saturated carbocycles. The second-order valence-corrected chi connectivity index (χ2v) is 9.09. The summed E-state index contributed by atoms with van der Waals surface area (Å²) >= 11 is 9.15. The van der Waals surface area contributed by atoms with E-state index in [4.69, 9.17) is 16.6 Å². The maximum absolute atomic E-state index is 13.4. The molecule has 0 bridgehead atoms. The molecule has 0 aliphatic heterocycles. The molecule has 2 aromatic heterocycles. The molecule has 0 fully saturated rings. The van der Waals surface area contributed by atoms with Crippen LogP contribution in [0.25, 0.3) is 20.4 Å². The highest BCUT2D eigenvalue weighted by Crippen LogP contribution is 2.32. The Hall–Kier alpha value is -2.06. The van der Waals surface area contributed by atoms with E-state index in [2.05, 4.69) is 9.88 Å². The number of aromatic nitrogens is 2. The molecule has 0 atom stereocenters. The molecular weight excluding hydrogens is 412 g/mol. The fourth-order valence-electron chi connectivity index (χ4n) is 2.97. The van der Waals surface area contributed by atoms with Crippen molar-refractivity contribution in [3.05, 3.63) is 52.5 Å². The summed E-state index contributed by atoms with van der Waals surface area (Å²) in [6.07, 6.45) is 0.859. The monoisotopic (exact) mass is 430 g/mol. The lowest BCUT2D eigenvalue weighted by Crippen LogP contribution is -2.33. The summed E-state index contributed by atoms with van der Waals surface area (Å²) in [7, 11) is 4.06. The van der Waals surface area contributed by atoms with Gasteiger partial charge in [0.1, 0.15) is 0 Å². The highest BCUT2D eigenvalue weighted by molar-refractivity contribution is 7.22. The average molecular weight is 431 g/mol. The number of hydrogen-bond donors (Lipinski definition) is 0. The Balaban J connectivity index is 1.69. The Morgan fingerprint density at radius 3 is 2.71 bits per heavy atom. The van der Waals surface area contributed by atoms with Gasteiger partial charge in [0.2, 0.25) is 0 Å². The molecule has 0 N–H and O–H groups in total. The number of halogens is 1. The van der Waals surface area contributed by atoms with Crippen LogP contribution in [0, 0.1) is 0 Å². The minimum absolute atomic E-state index is 0.0424. The van der Waals surface area contributed by atoms with E-state index in [-0.39, 0.29) is 5.91 Å². The molecule has 0 spiro atoms. The molecule has 1 amide bonds. The quantitative estimate of drug-likeness (QED) is 0.424. The summed E-state index contributed by atoms with van der Waals surface area (Å²) in [5.41, 5.74) is 4.22. The summed E-state index contributed by atoms with van der Waals surface area (Å²) in [6, 6.07) is 11.3. The van der Waals surface area contributed by atoms with Crippen molar-refractivity contribution < 1.29 is 4.79 Å². The third-order valence-electron chi connectivity index (χ3n) is 4.38. The SMILES string of the molecule is CN(C)CCCN(C(=O)c1ccc2ncsc2c1)c1nc2ccc(Cl)cc2s1. The van der Waals surface area contributed by atoms with Gasteiger partial charge in [-0.1, -0.05) is 22.9 Å². The molecule has 0 unspecified atom stereocenters. The van der Waals surface area contributed by atoms with Crippen molar-refractivity contribution in [2.24, 2.45) is 0 Å². The molecule has 28 heavy (non-hydrogen) atoms. The molecule has 5 nitrogen and oxygen atoms in total. The number of carbonyl (C=O) groups is 1. The Bertz CT molecular complexity index is 1140. The predicted octanol–water partition coefficient (Wildman–Crippen LogP) is 5.16. The largest absolute Gasteiger partial charge is 0.309 e. The van der Waals surface area contributed by atoms with Gasteiger partial charge in [0.05, 0.1) is 25.9 Å². The van der Waals surface area contributed by atoms with Crippen LogP contribution >= 0.6 is 34.3 Å². The van der Waals surface area contributed by atoms with E-state index < -0.39 is 0 Å². The number of rotatable bonds is 6. The van der Waals surface area contributed by atoms with Crippen molar-refractivity contribution in [3.63, 3.8) is 0 Å². The van der Waals surface area contributed by atoms with Gasteiger partial charge < -0.3 is 4.90 Å². The number of thiazole rings is 2. The fraction of sp³-hybridized carbons (Fsp3) is 0.250. The molecule has 2 heterocycles. The minimum atomic E-state index is -0.0424. The Morgan fingerprint density at radius 2 is 1.89 bits per heavy atom. The van der Waals surface area contributed by atoms with Crippen LogP contribution in [0.1, 0.15) is 16.8 Å². The number of fused-ring (bicyclic) bond motifs is 2. The van der Waals surface area contributed by atoms with E-state index in [9.17, 15) is 4.79 Å². The minimum Gasteiger partial charge on any atom is -0.309 e. The van der Waals surface area contributed by atoms with Gasteiger partial charge in [-0.3, -0.25) is 9.69 Å². The molecule has 0 radical (unpaired) electrons. The second-order valence-electron chi connectivity index (χ2n) is 6.76. The maximum atomic E-state index is 13.4. The van der Waals surface area contributed by atoms with Crippen molar-refractivity contribution in [2.75, 3.05) is 32.1 Å². The first-order valence-electron chi connectivity index (χ1n) is 8.87. The Kier molecular flexibility index (Phi) is 5.59.